The van der Waals surface area contributed by atoms with Gasteiger partial charge >= 0.3 is 0 Å². The summed E-state index contributed by atoms with van der Waals surface area (Å²) in [5.74, 6) is 0.783. The number of nitrogens with one attached hydrogen (secondary N) is 2. The van der Waals surface area contributed by atoms with Gasteiger partial charge in [-0.3, -0.25) is 10.1 Å². The number of para-hydroxylation sites is 1. The third kappa shape index (κ3) is 3.95. The number of rotatable bonds is 6. The molecule has 0 bridgehead atoms. The summed E-state index contributed by atoms with van der Waals surface area (Å²) >= 11 is 0. The maximum absolute atomic E-state index is 12.1. The van der Waals surface area contributed by atoms with Crippen LogP contribution in [0.1, 0.15) is 36.8 Å². The molecule has 4 nitrogen and oxygen atoms in total. The Balaban J connectivity index is 1.93. The van der Waals surface area contributed by atoms with Crippen molar-refractivity contribution in [3.8, 4) is 0 Å². The number of benzene rings is 1. The number of anilines is 1. The van der Waals surface area contributed by atoms with Crippen molar-refractivity contribution in [1.82, 2.24) is 5.32 Å². The fourth-order valence-electron chi connectivity index (χ4n) is 2.27. The van der Waals surface area contributed by atoms with Gasteiger partial charge in [-0.05, 0) is 43.5 Å². The number of amides is 1. The quantitative estimate of drug-likeness (QED) is 0.855. The Hall–Kier alpha value is -2.07. The third-order valence-corrected chi connectivity index (χ3v) is 3.54. The summed E-state index contributed by atoms with van der Waals surface area (Å²) in [4.78, 5) is 12.1. The number of carbonyl (C=O) groups excluding carboxylic acids is 1. The molecule has 0 radical (unpaired) electrons. The first kappa shape index (κ1) is 15.3. The molecule has 1 aromatic heterocycles. The van der Waals surface area contributed by atoms with E-state index in [0.29, 0.717) is 0 Å². The van der Waals surface area contributed by atoms with Crippen molar-refractivity contribution < 1.29 is 9.21 Å². The van der Waals surface area contributed by atoms with Crippen LogP contribution in [-0.4, -0.2) is 12.5 Å². The molecule has 0 aliphatic rings. The average Bonchev–Trinajstić information content (AvgIpc) is 3.01. The molecule has 0 unspecified atom stereocenters. The van der Waals surface area contributed by atoms with Gasteiger partial charge in [0.05, 0.1) is 18.8 Å². The summed E-state index contributed by atoms with van der Waals surface area (Å²) in [6, 6.07) is 9.81. The zero-order valence-electron chi connectivity index (χ0n) is 12.8. The molecular formula is C17H22N2O2. The Morgan fingerprint density at radius 2 is 2.10 bits per heavy atom. The number of hydrogen-bond acceptors (Lipinski definition) is 3. The molecule has 21 heavy (non-hydrogen) atoms. The van der Waals surface area contributed by atoms with Crippen LogP contribution in [0.2, 0.25) is 0 Å². The van der Waals surface area contributed by atoms with Gasteiger partial charge < -0.3 is 9.73 Å². The number of furan rings is 1. The Morgan fingerprint density at radius 1 is 1.29 bits per heavy atom. The monoisotopic (exact) mass is 286 g/mol. The molecule has 0 spiro atoms. The van der Waals surface area contributed by atoms with Crippen molar-refractivity contribution in [1.29, 1.82) is 0 Å². The summed E-state index contributed by atoms with van der Waals surface area (Å²) in [7, 11) is 0. The topological polar surface area (TPSA) is 54.3 Å². The zero-order chi connectivity index (χ0) is 15.2. The maximum Gasteiger partial charge on any atom is 0.238 e. The number of carbonyl (C=O) groups is 1. The van der Waals surface area contributed by atoms with E-state index in [2.05, 4.69) is 17.6 Å². The molecule has 0 saturated carbocycles. The van der Waals surface area contributed by atoms with Gasteiger partial charge in [0.1, 0.15) is 5.76 Å². The second-order valence-corrected chi connectivity index (χ2v) is 5.13. The van der Waals surface area contributed by atoms with Gasteiger partial charge in [0.2, 0.25) is 5.91 Å². The molecule has 0 aliphatic heterocycles. The first-order valence-corrected chi connectivity index (χ1v) is 7.27. The van der Waals surface area contributed by atoms with E-state index < -0.39 is 0 Å². The smallest absolute Gasteiger partial charge is 0.238 e. The number of hydrogen-bond donors (Lipinski definition) is 2. The zero-order valence-corrected chi connectivity index (χ0v) is 12.8. The molecule has 4 heteroatoms. The average molecular weight is 286 g/mol. The minimum Gasteiger partial charge on any atom is -0.468 e. The van der Waals surface area contributed by atoms with E-state index >= 15 is 0 Å². The fourth-order valence-corrected chi connectivity index (χ4v) is 2.27. The summed E-state index contributed by atoms with van der Waals surface area (Å²) < 4.78 is 5.31. The van der Waals surface area contributed by atoms with Gasteiger partial charge in [-0.15, -0.1) is 0 Å². The van der Waals surface area contributed by atoms with E-state index in [0.717, 1.165) is 29.0 Å². The lowest BCUT2D eigenvalue weighted by Crippen LogP contribution is -2.30. The molecule has 2 rings (SSSR count). The van der Waals surface area contributed by atoms with Crippen LogP contribution >= 0.6 is 0 Å². The van der Waals surface area contributed by atoms with Crippen molar-refractivity contribution in [2.45, 2.75) is 33.2 Å². The highest BCUT2D eigenvalue weighted by Gasteiger charge is 2.12. The van der Waals surface area contributed by atoms with Crippen LogP contribution in [0, 0.1) is 6.92 Å². The predicted molar refractivity (Wildman–Crippen MR) is 84.3 cm³/mol. The van der Waals surface area contributed by atoms with Crippen molar-refractivity contribution in [2.75, 3.05) is 11.9 Å². The molecule has 2 aromatic rings. The molecule has 2 N–H and O–H groups in total. The number of aryl methyl sites for hydroxylation is 2. The second-order valence-electron chi connectivity index (χ2n) is 5.13. The minimum absolute atomic E-state index is 0.00765. The molecule has 1 atom stereocenters. The molecular weight excluding hydrogens is 264 g/mol. The Kier molecular flexibility index (Phi) is 5.17. The standard InChI is InChI=1S/C17H22N2O2/c1-4-14-8-5-7-12(2)17(14)19-16(20)11-18-13(3)15-9-6-10-21-15/h5-10,13,18H,4,11H2,1-3H3,(H,19,20)/t13-/m1/s1. The Morgan fingerprint density at radius 3 is 2.76 bits per heavy atom. The van der Waals surface area contributed by atoms with Crippen molar-refractivity contribution in [3.05, 3.63) is 53.5 Å². The van der Waals surface area contributed by atoms with Crippen LogP contribution in [0.4, 0.5) is 5.69 Å². The summed E-state index contributed by atoms with van der Waals surface area (Å²) in [5.41, 5.74) is 3.17. The van der Waals surface area contributed by atoms with Gasteiger partial charge in [-0.25, -0.2) is 0 Å². The third-order valence-electron chi connectivity index (χ3n) is 3.54. The van der Waals surface area contributed by atoms with E-state index in [1.54, 1.807) is 6.26 Å². The van der Waals surface area contributed by atoms with E-state index in [1.165, 1.54) is 0 Å². The van der Waals surface area contributed by atoms with Crippen LogP contribution in [0.15, 0.2) is 41.0 Å². The van der Waals surface area contributed by atoms with Gasteiger partial charge in [-0.2, -0.15) is 0 Å². The minimum atomic E-state index is -0.0441. The van der Waals surface area contributed by atoms with Gasteiger partial charge in [0, 0.05) is 5.69 Å². The lowest BCUT2D eigenvalue weighted by molar-refractivity contribution is -0.115. The molecule has 1 amide bonds. The predicted octanol–water partition coefficient (Wildman–Crippen LogP) is 3.44. The van der Waals surface area contributed by atoms with E-state index in [4.69, 9.17) is 4.42 Å². The van der Waals surface area contributed by atoms with Gasteiger partial charge in [0.15, 0.2) is 0 Å². The second kappa shape index (κ2) is 7.09. The van der Waals surface area contributed by atoms with E-state index in [9.17, 15) is 4.79 Å². The molecule has 0 fully saturated rings. The fraction of sp³-hybridized carbons (Fsp3) is 0.353. The van der Waals surface area contributed by atoms with Crippen molar-refractivity contribution in [2.24, 2.45) is 0 Å². The van der Waals surface area contributed by atoms with Crippen LogP contribution < -0.4 is 10.6 Å². The van der Waals surface area contributed by atoms with Crippen molar-refractivity contribution in [3.63, 3.8) is 0 Å². The largest absolute Gasteiger partial charge is 0.468 e. The normalized spacial score (nSPS) is 12.1. The first-order valence-electron chi connectivity index (χ1n) is 7.27. The molecule has 112 valence electrons. The highest BCUT2D eigenvalue weighted by atomic mass is 16.3. The SMILES string of the molecule is CCc1cccc(C)c1NC(=O)CN[C@H](C)c1ccco1. The van der Waals surface area contributed by atoms with E-state index in [-0.39, 0.29) is 18.5 Å². The van der Waals surface area contributed by atoms with Crippen LogP contribution in [0.5, 0.6) is 0 Å². The van der Waals surface area contributed by atoms with Gasteiger partial charge in [0.25, 0.3) is 0 Å². The summed E-state index contributed by atoms with van der Waals surface area (Å²) in [6.07, 6.45) is 2.53. The van der Waals surface area contributed by atoms with Crippen LogP contribution in [-0.2, 0) is 11.2 Å². The molecule has 1 heterocycles. The van der Waals surface area contributed by atoms with E-state index in [1.807, 2.05) is 44.2 Å². The summed E-state index contributed by atoms with van der Waals surface area (Å²) in [6.45, 7) is 6.31. The lowest BCUT2D eigenvalue weighted by atomic mass is 10.1. The van der Waals surface area contributed by atoms with Crippen LogP contribution in [0.25, 0.3) is 0 Å². The molecule has 0 saturated heterocycles. The Bertz CT molecular complexity index is 591. The van der Waals surface area contributed by atoms with Gasteiger partial charge in [-0.1, -0.05) is 25.1 Å². The first-order chi connectivity index (χ1) is 10.1. The highest BCUT2D eigenvalue weighted by molar-refractivity contribution is 5.93. The summed E-state index contributed by atoms with van der Waals surface area (Å²) in [5, 5.41) is 6.15. The lowest BCUT2D eigenvalue weighted by Gasteiger charge is -2.15. The molecule has 0 aliphatic carbocycles. The Labute approximate surface area is 125 Å². The van der Waals surface area contributed by atoms with Crippen molar-refractivity contribution >= 4 is 11.6 Å². The molecule has 1 aromatic carbocycles. The highest BCUT2D eigenvalue weighted by Crippen LogP contribution is 2.21. The maximum atomic E-state index is 12.1. The van der Waals surface area contributed by atoms with Crippen LogP contribution in [0.3, 0.4) is 0 Å².